The lowest BCUT2D eigenvalue weighted by Crippen LogP contribution is -2.49. The zero-order valence-corrected chi connectivity index (χ0v) is 24.0. The molecule has 4 rings (SSSR count). The zero-order valence-electron chi connectivity index (χ0n) is 23.2. The van der Waals surface area contributed by atoms with E-state index in [0.29, 0.717) is 30.3 Å². The molecule has 1 N–H and O–H groups in total. The number of fused-ring (bicyclic) bond motifs is 1. The van der Waals surface area contributed by atoms with Gasteiger partial charge in [0.25, 0.3) is 0 Å². The van der Waals surface area contributed by atoms with E-state index in [1.165, 1.54) is 0 Å². The fourth-order valence-corrected chi connectivity index (χ4v) is 6.43. The van der Waals surface area contributed by atoms with E-state index in [2.05, 4.69) is 21.5 Å². The molecule has 11 heteroatoms. The molecule has 1 saturated heterocycles. The van der Waals surface area contributed by atoms with Crippen molar-refractivity contribution in [2.45, 2.75) is 65.0 Å². The van der Waals surface area contributed by atoms with Crippen LogP contribution in [0.4, 0.5) is 10.5 Å². The summed E-state index contributed by atoms with van der Waals surface area (Å²) in [6.45, 7) is 9.22. The Morgan fingerprint density at radius 1 is 1.13 bits per heavy atom. The van der Waals surface area contributed by atoms with Gasteiger partial charge < -0.3 is 19.1 Å². The van der Waals surface area contributed by atoms with Crippen LogP contribution in [0.1, 0.15) is 53.4 Å². The first-order valence-electron chi connectivity index (χ1n) is 13.2. The topological polar surface area (TPSA) is 110 Å². The van der Waals surface area contributed by atoms with E-state index in [0.717, 1.165) is 46.8 Å². The van der Waals surface area contributed by atoms with Gasteiger partial charge in [0, 0.05) is 43.0 Å². The molecule has 1 atom stereocenters. The van der Waals surface area contributed by atoms with Crippen LogP contribution in [0.15, 0.2) is 24.4 Å². The van der Waals surface area contributed by atoms with Crippen LogP contribution < -0.4 is 19.1 Å². The summed E-state index contributed by atoms with van der Waals surface area (Å²) in [5.74, 6) is 1.78. The largest absolute Gasteiger partial charge is 0.493 e. The maximum atomic E-state index is 13.1. The number of nitrogens with one attached hydrogen (secondary N) is 1. The minimum absolute atomic E-state index is 0.116. The third-order valence-corrected chi connectivity index (χ3v) is 8.70. The molecule has 10 nitrogen and oxygen atoms in total. The monoisotopic (exact) mass is 548 g/mol. The number of nitrogens with zero attached hydrogens (tertiary/aromatic N) is 3. The third kappa shape index (κ3) is 6.43. The first-order chi connectivity index (χ1) is 17.9. The second kappa shape index (κ2) is 11.1. The number of anilines is 1. The second-order valence-electron chi connectivity index (χ2n) is 11.2. The van der Waals surface area contributed by atoms with Crippen molar-refractivity contribution in [3.05, 3.63) is 24.4 Å². The molecule has 2 fully saturated rings. The SMILES string of the molecule is COc1cc2nccc(N3CCC(C(C)CNS(=O)(=O)N(C(=O)OC(C)(C)C)C4CC4)CC3)c2cc1OC. The summed E-state index contributed by atoms with van der Waals surface area (Å²) < 4.78 is 46.0. The number of pyridine rings is 1. The number of rotatable bonds is 9. The summed E-state index contributed by atoms with van der Waals surface area (Å²) >= 11 is 0. The number of ether oxygens (including phenoxy) is 3. The zero-order chi connectivity index (χ0) is 27.7. The van der Waals surface area contributed by atoms with E-state index in [1.807, 2.05) is 24.4 Å². The summed E-state index contributed by atoms with van der Waals surface area (Å²) in [4.78, 5) is 19.5. The number of aromatic nitrogens is 1. The summed E-state index contributed by atoms with van der Waals surface area (Å²) in [5, 5.41) is 1.01. The number of hydrogen-bond acceptors (Lipinski definition) is 8. The summed E-state index contributed by atoms with van der Waals surface area (Å²) in [6.07, 6.45) is 4.18. The Bertz CT molecular complexity index is 1250. The van der Waals surface area contributed by atoms with E-state index in [9.17, 15) is 13.2 Å². The second-order valence-corrected chi connectivity index (χ2v) is 12.8. The van der Waals surface area contributed by atoms with Crippen molar-refractivity contribution in [3.8, 4) is 11.5 Å². The molecule has 0 bridgehead atoms. The van der Waals surface area contributed by atoms with Gasteiger partial charge in [-0.3, -0.25) is 4.98 Å². The van der Waals surface area contributed by atoms with Crippen LogP contribution in [-0.2, 0) is 14.9 Å². The molecule has 2 aromatic rings. The fraction of sp³-hybridized carbons (Fsp3) is 0.630. The summed E-state index contributed by atoms with van der Waals surface area (Å²) in [7, 11) is -0.751. The number of piperidine rings is 1. The molecule has 0 radical (unpaired) electrons. The minimum Gasteiger partial charge on any atom is -0.493 e. The van der Waals surface area contributed by atoms with Crippen LogP contribution in [0.25, 0.3) is 10.9 Å². The van der Waals surface area contributed by atoms with Crippen molar-refractivity contribution in [2.75, 3.05) is 38.8 Å². The van der Waals surface area contributed by atoms with Crippen LogP contribution in [0.2, 0.25) is 0 Å². The maximum Gasteiger partial charge on any atom is 0.425 e. The molecular formula is C27H40N4O6S. The molecule has 1 saturated carbocycles. The number of carbonyl (C=O) groups is 1. The molecule has 2 heterocycles. The molecule has 1 aliphatic carbocycles. The van der Waals surface area contributed by atoms with Crippen LogP contribution in [0.3, 0.4) is 0 Å². The lowest BCUT2D eigenvalue weighted by Gasteiger charge is -2.37. The molecule has 0 spiro atoms. The smallest absolute Gasteiger partial charge is 0.425 e. The number of methoxy groups -OCH3 is 2. The Morgan fingerprint density at radius 3 is 2.34 bits per heavy atom. The highest BCUT2D eigenvalue weighted by molar-refractivity contribution is 7.87. The molecule has 210 valence electrons. The molecule has 1 aliphatic heterocycles. The van der Waals surface area contributed by atoms with E-state index in [4.69, 9.17) is 14.2 Å². The van der Waals surface area contributed by atoms with Crippen molar-refractivity contribution >= 4 is 32.9 Å². The average Bonchev–Trinajstić information content (AvgIpc) is 3.69. The van der Waals surface area contributed by atoms with Crippen molar-refractivity contribution in [3.63, 3.8) is 0 Å². The number of hydrogen-bond donors (Lipinski definition) is 1. The van der Waals surface area contributed by atoms with E-state index in [-0.39, 0.29) is 18.5 Å². The summed E-state index contributed by atoms with van der Waals surface area (Å²) in [5.41, 5.74) is 1.17. The highest BCUT2D eigenvalue weighted by atomic mass is 32.2. The van der Waals surface area contributed by atoms with Gasteiger partial charge in [-0.1, -0.05) is 6.92 Å². The van der Waals surface area contributed by atoms with Gasteiger partial charge in [0.1, 0.15) is 5.60 Å². The van der Waals surface area contributed by atoms with Gasteiger partial charge in [-0.25, -0.2) is 4.79 Å². The minimum atomic E-state index is -3.99. The average molecular weight is 549 g/mol. The predicted octanol–water partition coefficient (Wildman–Crippen LogP) is 4.34. The van der Waals surface area contributed by atoms with Gasteiger partial charge in [-0.2, -0.15) is 17.4 Å². The van der Waals surface area contributed by atoms with Gasteiger partial charge in [-0.05, 0) is 70.4 Å². The molecule has 38 heavy (non-hydrogen) atoms. The molecular weight excluding hydrogens is 508 g/mol. The quantitative estimate of drug-likeness (QED) is 0.493. The Balaban J connectivity index is 1.38. The van der Waals surface area contributed by atoms with Crippen LogP contribution in [0, 0.1) is 11.8 Å². The van der Waals surface area contributed by atoms with Gasteiger partial charge in [0.2, 0.25) is 0 Å². The van der Waals surface area contributed by atoms with Crippen molar-refractivity contribution in [2.24, 2.45) is 11.8 Å². The van der Waals surface area contributed by atoms with E-state index < -0.39 is 21.9 Å². The lowest BCUT2D eigenvalue weighted by atomic mass is 9.85. The molecule has 1 aromatic carbocycles. The first kappa shape index (κ1) is 28.2. The van der Waals surface area contributed by atoms with Gasteiger partial charge in [-0.15, -0.1) is 0 Å². The standard InChI is InChI=1S/C27H40N4O6S/c1-18(17-29-38(33,34)31(20-7-8-20)26(32)37-27(2,3)4)19-10-13-30(14-11-19)23-9-12-28-22-16-25(36-6)24(35-5)15-21(22)23/h9,12,15-16,18-20,29H,7-8,10-11,13-14,17H2,1-6H3. The number of carbonyl (C=O) groups excluding carboxylic acids is 1. The van der Waals surface area contributed by atoms with Crippen LogP contribution >= 0.6 is 0 Å². The first-order valence-corrected chi connectivity index (χ1v) is 14.6. The molecule has 1 aromatic heterocycles. The van der Waals surface area contributed by atoms with Crippen molar-refractivity contribution < 1.29 is 27.4 Å². The molecule has 1 amide bonds. The highest BCUT2D eigenvalue weighted by Gasteiger charge is 2.43. The highest BCUT2D eigenvalue weighted by Crippen LogP contribution is 2.37. The van der Waals surface area contributed by atoms with Crippen LogP contribution in [0.5, 0.6) is 11.5 Å². The van der Waals surface area contributed by atoms with Gasteiger partial charge in [0.15, 0.2) is 11.5 Å². The Labute approximate surface area is 225 Å². The van der Waals surface area contributed by atoms with E-state index >= 15 is 0 Å². The molecule has 1 unspecified atom stereocenters. The lowest BCUT2D eigenvalue weighted by molar-refractivity contribution is 0.0379. The normalized spacial score (nSPS) is 17.8. The summed E-state index contributed by atoms with van der Waals surface area (Å²) in [6, 6.07) is 5.56. The van der Waals surface area contributed by atoms with Crippen LogP contribution in [-0.4, -0.2) is 69.3 Å². The van der Waals surface area contributed by atoms with E-state index in [1.54, 1.807) is 35.0 Å². The molecule has 2 aliphatic rings. The number of benzene rings is 1. The third-order valence-electron chi connectivity index (χ3n) is 7.21. The van der Waals surface area contributed by atoms with Crippen molar-refractivity contribution in [1.82, 2.24) is 14.0 Å². The number of amides is 1. The fourth-order valence-electron chi connectivity index (χ4n) is 4.98. The Morgan fingerprint density at radius 2 is 1.76 bits per heavy atom. The van der Waals surface area contributed by atoms with Crippen molar-refractivity contribution in [1.29, 1.82) is 0 Å². The van der Waals surface area contributed by atoms with Gasteiger partial charge in [0.05, 0.1) is 25.8 Å². The van der Waals surface area contributed by atoms with Gasteiger partial charge >= 0.3 is 16.3 Å². The maximum absolute atomic E-state index is 13.1. The Hall–Kier alpha value is -2.79. The predicted molar refractivity (Wildman–Crippen MR) is 147 cm³/mol. The Kier molecular flexibility index (Phi) is 8.27.